The largest absolute Gasteiger partial charge is 0.495 e. The summed E-state index contributed by atoms with van der Waals surface area (Å²) in [5.74, 6) is 1.37. The fourth-order valence-electron chi connectivity index (χ4n) is 2.36. The fourth-order valence-corrected chi connectivity index (χ4v) is 2.36. The molecule has 0 aliphatic heterocycles. The third-order valence-electron chi connectivity index (χ3n) is 3.91. The molecule has 0 N–H and O–H groups in total. The van der Waals surface area contributed by atoms with Crippen molar-refractivity contribution in [3.05, 3.63) is 23.8 Å². The molecule has 0 spiro atoms. The molecule has 1 aromatic rings. The molecule has 0 amide bonds. The van der Waals surface area contributed by atoms with Crippen LogP contribution in [0.15, 0.2) is 18.2 Å². The molecule has 0 bridgehead atoms. The molecule has 1 fully saturated rings. The Morgan fingerprint density at radius 3 is 2.58 bits per heavy atom. The van der Waals surface area contributed by atoms with Gasteiger partial charge in [0.15, 0.2) is 0 Å². The van der Waals surface area contributed by atoms with Crippen molar-refractivity contribution >= 4 is 5.69 Å². The van der Waals surface area contributed by atoms with Crippen LogP contribution in [-0.4, -0.2) is 20.7 Å². The van der Waals surface area contributed by atoms with Gasteiger partial charge < -0.3 is 9.64 Å². The van der Waals surface area contributed by atoms with Crippen molar-refractivity contribution < 1.29 is 4.74 Å². The maximum Gasteiger partial charge on any atom is 0.142 e. The molecule has 1 aliphatic rings. The van der Waals surface area contributed by atoms with E-state index in [9.17, 15) is 5.26 Å². The van der Waals surface area contributed by atoms with E-state index < -0.39 is 0 Å². The SMILES string of the molecule is COc1ccc(C(C)C)cc1N(C)CC1(C#N)CC1. The van der Waals surface area contributed by atoms with E-state index in [-0.39, 0.29) is 5.41 Å². The van der Waals surface area contributed by atoms with Gasteiger partial charge in [0.2, 0.25) is 0 Å². The van der Waals surface area contributed by atoms with E-state index in [4.69, 9.17) is 4.74 Å². The molecular weight excluding hydrogens is 236 g/mol. The molecule has 0 saturated heterocycles. The summed E-state index contributed by atoms with van der Waals surface area (Å²) >= 11 is 0. The number of ether oxygens (including phenoxy) is 1. The number of hydrogen-bond acceptors (Lipinski definition) is 3. The van der Waals surface area contributed by atoms with Crippen LogP contribution in [0.25, 0.3) is 0 Å². The molecule has 1 saturated carbocycles. The van der Waals surface area contributed by atoms with Gasteiger partial charge >= 0.3 is 0 Å². The van der Waals surface area contributed by atoms with Crippen molar-refractivity contribution in [3.8, 4) is 11.8 Å². The van der Waals surface area contributed by atoms with Crippen LogP contribution in [0.2, 0.25) is 0 Å². The zero-order chi connectivity index (χ0) is 14.0. The van der Waals surface area contributed by atoms with Crippen LogP contribution in [0.3, 0.4) is 0 Å². The molecule has 0 atom stereocenters. The molecule has 3 nitrogen and oxygen atoms in total. The van der Waals surface area contributed by atoms with Crippen LogP contribution in [0.5, 0.6) is 5.75 Å². The average molecular weight is 258 g/mol. The Morgan fingerprint density at radius 1 is 1.42 bits per heavy atom. The van der Waals surface area contributed by atoms with E-state index in [2.05, 4.69) is 36.9 Å². The number of nitriles is 1. The molecule has 1 aromatic carbocycles. The molecule has 102 valence electrons. The third kappa shape index (κ3) is 2.84. The summed E-state index contributed by atoms with van der Waals surface area (Å²) in [7, 11) is 3.73. The van der Waals surface area contributed by atoms with Gasteiger partial charge in [-0.15, -0.1) is 0 Å². The second kappa shape index (κ2) is 5.13. The van der Waals surface area contributed by atoms with Crippen molar-refractivity contribution in [2.24, 2.45) is 5.41 Å². The van der Waals surface area contributed by atoms with Crippen LogP contribution in [0, 0.1) is 16.7 Å². The zero-order valence-corrected chi connectivity index (χ0v) is 12.2. The van der Waals surface area contributed by atoms with Gasteiger partial charge in [-0.25, -0.2) is 0 Å². The van der Waals surface area contributed by atoms with Crippen LogP contribution in [0.4, 0.5) is 5.69 Å². The van der Waals surface area contributed by atoms with Gasteiger partial charge in [0.05, 0.1) is 24.3 Å². The first-order valence-corrected chi connectivity index (χ1v) is 6.82. The van der Waals surface area contributed by atoms with E-state index in [1.165, 1.54) is 5.56 Å². The summed E-state index contributed by atoms with van der Waals surface area (Å²) in [6.45, 7) is 5.15. The van der Waals surface area contributed by atoms with E-state index in [1.54, 1.807) is 7.11 Å². The number of rotatable bonds is 5. The summed E-state index contributed by atoms with van der Waals surface area (Å²) in [5, 5.41) is 9.21. The maximum absolute atomic E-state index is 9.21. The number of nitrogens with zero attached hydrogens (tertiary/aromatic N) is 2. The molecule has 1 aliphatic carbocycles. The Kier molecular flexibility index (Phi) is 3.71. The fraction of sp³-hybridized carbons (Fsp3) is 0.562. The van der Waals surface area contributed by atoms with Gasteiger partial charge in [0, 0.05) is 13.6 Å². The van der Waals surface area contributed by atoms with Crippen LogP contribution >= 0.6 is 0 Å². The first kappa shape index (κ1) is 13.7. The molecule has 2 rings (SSSR count). The van der Waals surface area contributed by atoms with Gasteiger partial charge in [-0.3, -0.25) is 0 Å². The second-order valence-electron chi connectivity index (χ2n) is 5.83. The molecule has 19 heavy (non-hydrogen) atoms. The first-order valence-electron chi connectivity index (χ1n) is 6.82. The van der Waals surface area contributed by atoms with Crippen LogP contribution in [-0.2, 0) is 0 Å². The van der Waals surface area contributed by atoms with E-state index in [0.29, 0.717) is 5.92 Å². The van der Waals surface area contributed by atoms with Gasteiger partial charge in [-0.2, -0.15) is 5.26 Å². The predicted octanol–water partition coefficient (Wildman–Crippen LogP) is 3.56. The Morgan fingerprint density at radius 2 is 2.11 bits per heavy atom. The standard InChI is InChI=1S/C16H22N2O/c1-12(2)13-5-6-15(19-4)14(9-13)18(3)11-16(10-17)7-8-16/h5-6,9,12H,7-8,11H2,1-4H3. The van der Waals surface area contributed by atoms with Crippen LogP contribution < -0.4 is 9.64 Å². The monoisotopic (exact) mass is 258 g/mol. The van der Waals surface area contributed by atoms with Gasteiger partial charge in [-0.1, -0.05) is 19.9 Å². The topological polar surface area (TPSA) is 36.3 Å². The minimum Gasteiger partial charge on any atom is -0.495 e. The van der Waals surface area contributed by atoms with Crippen molar-refractivity contribution in [1.29, 1.82) is 5.26 Å². The number of benzene rings is 1. The molecule has 0 unspecified atom stereocenters. The summed E-state index contributed by atoms with van der Waals surface area (Å²) in [6, 6.07) is 8.75. The Labute approximate surface area is 115 Å². The number of methoxy groups -OCH3 is 1. The maximum atomic E-state index is 9.21. The highest BCUT2D eigenvalue weighted by atomic mass is 16.5. The lowest BCUT2D eigenvalue weighted by molar-refractivity contribution is 0.414. The summed E-state index contributed by atoms with van der Waals surface area (Å²) in [5.41, 5.74) is 2.24. The zero-order valence-electron chi connectivity index (χ0n) is 12.2. The quantitative estimate of drug-likeness (QED) is 0.810. The van der Waals surface area contributed by atoms with Crippen molar-refractivity contribution in [3.63, 3.8) is 0 Å². The minimum atomic E-state index is -0.131. The van der Waals surface area contributed by atoms with Gasteiger partial charge in [-0.05, 0) is 36.5 Å². The van der Waals surface area contributed by atoms with E-state index in [1.807, 2.05) is 13.1 Å². The lowest BCUT2D eigenvalue weighted by Gasteiger charge is -2.25. The van der Waals surface area contributed by atoms with Crippen molar-refractivity contribution in [1.82, 2.24) is 0 Å². The van der Waals surface area contributed by atoms with Gasteiger partial charge in [0.25, 0.3) is 0 Å². The molecular formula is C16H22N2O. The van der Waals surface area contributed by atoms with Crippen molar-refractivity contribution in [2.75, 3.05) is 25.6 Å². The predicted molar refractivity (Wildman–Crippen MR) is 77.6 cm³/mol. The highest BCUT2D eigenvalue weighted by molar-refractivity contribution is 5.60. The number of anilines is 1. The normalized spacial score (nSPS) is 16.0. The smallest absolute Gasteiger partial charge is 0.142 e. The number of hydrogen-bond donors (Lipinski definition) is 0. The summed E-state index contributed by atoms with van der Waals surface area (Å²) < 4.78 is 5.45. The molecule has 0 aromatic heterocycles. The Balaban J connectivity index is 2.26. The average Bonchev–Trinajstić information content (AvgIpc) is 3.18. The first-order chi connectivity index (χ1) is 9.01. The Hall–Kier alpha value is -1.69. The summed E-state index contributed by atoms with van der Waals surface area (Å²) in [4.78, 5) is 2.15. The van der Waals surface area contributed by atoms with E-state index >= 15 is 0 Å². The molecule has 0 radical (unpaired) electrons. The highest BCUT2D eigenvalue weighted by Gasteiger charge is 2.44. The lowest BCUT2D eigenvalue weighted by atomic mass is 10.0. The highest BCUT2D eigenvalue weighted by Crippen LogP contribution is 2.46. The lowest BCUT2D eigenvalue weighted by Crippen LogP contribution is -2.26. The minimum absolute atomic E-state index is 0.131. The molecule has 0 heterocycles. The third-order valence-corrected chi connectivity index (χ3v) is 3.91. The van der Waals surface area contributed by atoms with Crippen LogP contribution in [0.1, 0.15) is 38.2 Å². The van der Waals surface area contributed by atoms with Gasteiger partial charge in [0.1, 0.15) is 5.75 Å². The second-order valence-corrected chi connectivity index (χ2v) is 5.83. The molecule has 3 heteroatoms. The Bertz CT molecular complexity index is 498. The van der Waals surface area contributed by atoms with Crippen molar-refractivity contribution in [2.45, 2.75) is 32.6 Å². The van der Waals surface area contributed by atoms with E-state index in [0.717, 1.165) is 30.8 Å². The summed E-state index contributed by atoms with van der Waals surface area (Å²) in [6.07, 6.45) is 2.03.